The number of benzene rings is 2. The summed E-state index contributed by atoms with van der Waals surface area (Å²) in [6, 6.07) is 17.8. The highest BCUT2D eigenvalue weighted by atomic mass is 32.2. The Hall–Kier alpha value is -4.18. The maximum Gasteiger partial charge on any atom is 0.261 e. The number of carbonyl (C=O) groups excluding carboxylic acids is 1. The van der Waals surface area contributed by atoms with Crippen molar-refractivity contribution in [3.63, 3.8) is 0 Å². The average Bonchev–Trinajstić information content (AvgIpc) is 3.27. The second-order valence-corrected chi connectivity index (χ2v) is 8.98. The lowest BCUT2D eigenvalue weighted by Crippen LogP contribution is -2.14. The van der Waals surface area contributed by atoms with Crippen LogP contribution in [0.5, 0.6) is 5.75 Å². The molecule has 10 heteroatoms. The van der Waals surface area contributed by atoms with Gasteiger partial charge in [-0.2, -0.15) is 5.10 Å². The van der Waals surface area contributed by atoms with E-state index >= 15 is 0 Å². The Balaban J connectivity index is 1.37. The summed E-state index contributed by atoms with van der Waals surface area (Å²) in [6.45, 7) is 2.91. The lowest BCUT2D eigenvalue weighted by atomic mass is 10.2. The van der Waals surface area contributed by atoms with Crippen LogP contribution in [0.2, 0.25) is 0 Å². The van der Waals surface area contributed by atoms with Gasteiger partial charge in [0.2, 0.25) is 0 Å². The molecule has 2 aromatic heterocycles. The molecule has 0 fully saturated rings. The first-order chi connectivity index (χ1) is 16.4. The average molecular weight is 478 g/mol. The van der Waals surface area contributed by atoms with Crippen LogP contribution in [0.4, 0.5) is 11.5 Å². The van der Waals surface area contributed by atoms with E-state index in [0.29, 0.717) is 36.0 Å². The number of aromatic nitrogens is 3. The number of carbonyl (C=O) groups is 1. The van der Waals surface area contributed by atoms with E-state index in [1.807, 2.05) is 19.1 Å². The number of hydrogen-bond acceptors (Lipinski definition) is 6. The van der Waals surface area contributed by atoms with Gasteiger partial charge >= 0.3 is 0 Å². The second-order valence-electron chi connectivity index (χ2n) is 7.30. The summed E-state index contributed by atoms with van der Waals surface area (Å²) in [4.78, 5) is 16.7. The molecule has 0 aliphatic heterocycles. The standard InChI is InChI=1S/C24H23N5O4S/c1-2-33-21-7-9-22(10-8-21)34(31,32)28-20-5-3-19(4-6-20)24(30)26-23-13-16-29(27-23)17-18-11-14-25-15-12-18/h3-16,28H,2,17H2,1H3,(H,26,27,30). The van der Waals surface area contributed by atoms with E-state index in [1.54, 1.807) is 53.6 Å². The molecule has 0 saturated carbocycles. The molecule has 0 atom stereocenters. The van der Waals surface area contributed by atoms with Gasteiger partial charge in [0.05, 0.1) is 18.0 Å². The van der Waals surface area contributed by atoms with Gasteiger partial charge in [0.25, 0.3) is 15.9 Å². The molecule has 0 aliphatic carbocycles. The van der Waals surface area contributed by atoms with Crippen LogP contribution >= 0.6 is 0 Å². The van der Waals surface area contributed by atoms with E-state index in [-0.39, 0.29) is 10.8 Å². The summed E-state index contributed by atoms with van der Waals surface area (Å²) >= 11 is 0. The van der Waals surface area contributed by atoms with E-state index in [0.717, 1.165) is 5.56 Å². The molecule has 0 radical (unpaired) electrons. The number of ether oxygens (including phenoxy) is 1. The zero-order valence-corrected chi connectivity index (χ0v) is 19.2. The first kappa shape index (κ1) is 23.0. The van der Waals surface area contributed by atoms with Crippen molar-refractivity contribution in [3.8, 4) is 5.75 Å². The van der Waals surface area contributed by atoms with Crippen molar-refractivity contribution < 1.29 is 17.9 Å². The largest absolute Gasteiger partial charge is 0.494 e. The number of amides is 1. The van der Waals surface area contributed by atoms with Crippen LogP contribution in [0.15, 0.2) is 90.2 Å². The van der Waals surface area contributed by atoms with E-state index in [9.17, 15) is 13.2 Å². The summed E-state index contributed by atoms with van der Waals surface area (Å²) in [5, 5.41) is 7.09. The molecule has 0 bridgehead atoms. The molecule has 2 heterocycles. The number of rotatable bonds is 9. The lowest BCUT2D eigenvalue weighted by Gasteiger charge is -2.10. The van der Waals surface area contributed by atoms with Gasteiger partial charge in [-0.15, -0.1) is 0 Å². The Labute approximate surface area is 197 Å². The maximum atomic E-state index is 12.6. The minimum Gasteiger partial charge on any atom is -0.494 e. The molecule has 4 aromatic rings. The number of sulfonamides is 1. The molecule has 0 spiro atoms. The van der Waals surface area contributed by atoms with Gasteiger partial charge in [0, 0.05) is 35.9 Å². The summed E-state index contributed by atoms with van der Waals surface area (Å²) in [5.74, 6) is 0.661. The number of pyridine rings is 1. The van der Waals surface area contributed by atoms with Crippen LogP contribution in [0.3, 0.4) is 0 Å². The molecule has 2 N–H and O–H groups in total. The Morgan fingerprint density at radius 2 is 1.68 bits per heavy atom. The van der Waals surface area contributed by atoms with Gasteiger partial charge in [0.15, 0.2) is 5.82 Å². The van der Waals surface area contributed by atoms with Crippen molar-refractivity contribution in [1.29, 1.82) is 0 Å². The number of hydrogen-bond donors (Lipinski definition) is 2. The Bertz CT molecular complexity index is 1350. The molecule has 174 valence electrons. The Morgan fingerprint density at radius 1 is 0.971 bits per heavy atom. The second kappa shape index (κ2) is 10.2. The van der Waals surface area contributed by atoms with Gasteiger partial charge in [-0.1, -0.05) is 0 Å². The Kier molecular flexibility index (Phi) is 6.88. The van der Waals surface area contributed by atoms with Crippen LogP contribution in [-0.2, 0) is 16.6 Å². The fourth-order valence-corrected chi connectivity index (χ4v) is 4.22. The van der Waals surface area contributed by atoms with Crippen LogP contribution in [0.1, 0.15) is 22.8 Å². The molecule has 0 aliphatic rings. The monoisotopic (exact) mass is 477 g/mol. The van der Waals surface area contributed by atoms with E-state index < -0.39 is 10.0 Å². The highest BCUT2D eigenvalue weighted by Crippen LogP contribution is 2.20. The van der Waals surface area contributed by atoms with Crippen molar-refractivity contribution in [2.75, 3.05) is 16.6 Å². The minimum atomic E-state index is -3.77. The molecule has 0 saturated heterocycles. The molecule has 34 heavy (non-hydrogen) atoms. The molecule has 1 amide bonds. The smallest absolute Gasteiger partial charge is 0.261 e. The normalized spacial score (nSPS) is 11.1. The number of nitrogens with one attached hydrogen (secondary N) is 2. The number of anilines is 2. The first-order valence-electron chi connectivity index (χ1n) is 10.5. The fraction of sp³-hybridized carbons (Fsp3) is 0.125. The van der Waals surface area contributed by atoms with Gasteiger partial charge in [-0.3, -0.25) is 19.2 Å². The highest BCUT2D eigenvalue weighted by Gasteiger charge is 2.15. The lowest BCUT2D eigenvalue weighted by molar-refractivity contribution is 0.102. The van der Waals surface area contributed by atoms with E-state index in [1.165, 1.54) is 24.3 Å². The minimum absolute atomic E-state index is 0.111. The van der Waals surface area contributed by atoms with Crippen molar-refractivity contribution in [2.24, 2.45) is 0 Å². The summed E-state index contributed by atoms with van der Waals surface area (Å²) in [7, 11) is -3.77. The van der Waals surface area contributed by atoms with Crippen molar-refractivity contribution >= 4 is 27.4 Å². The summed E-state index contributed by atoms with van der Waals surface area (Å²) in [5.41, 5.74) is 1.75. The predicted octanol–water partition coefficient (Wildman–Crippen LogP) is 3.78. The topological polar surface area (TPSA) is 115 Å². The molecule has 0 unspecified atom stereocenters. The van der Waals surface area contributed by atoms with Crippen molar-refractivity contribution in [1.82, 2.24) is 14.8 Å². The third-order valence-electron chi connectivity index (χ3n) is 4.82. The third kappa shape index (κ3) is 5.78. The third-order valence-corrected chi connectivity index (χ3v) is 6.22. The first-order valence-corrected chi connectivity index (χ1v) is 12.0. The number of nitrogens with zero attached hydrogens (tertiary/aromatic N) is 3. The van der Waals surface area contributed by atoms with Crippen LogP contribution in [-0.4, -0.2) is 35.7 Å². The van der Waals surface area contributed by atoms with E-state index in [4.69, 9.17) is 4.74 Å². The van der Waals surface area contributed by atoms with Gasteiger partial charge in [-0.05, 0) is 73.2 Å². The van der Waals surface area contributed by atoms with Gasteiger partial charge in [0.1, 0.15) is 5.75 Å². The quantitative estimate of drug-likeness (QED) is 0.379. The fourth-order valence-electron chi connectivity index (χ4n) is 3.17. The predicted molar refractivity (Wildman–Crippen MR) is 128 cm³/mol. The summed E-state index contributed by atoms with van der Waals surface area (Å²) in [6.07, 6.45) is 5.20. The molecule has 2 aromatic carbocycles. The van der Waals surface area contributed by atoms with Gasteiger partial charge in [-0.25, -0.2) is 8.42 Å². The molecular formula is C24H23N5O4S. The van der Waals surface area contributed by atoms with Crippen LogP contribution < -0.4 is 14.8 Å². The van der Waals surface area contributed by atoms with E-state index in [2.05, 4.69) is 20.1 Å². The summed E-state index contributed by atoms with van der Waals surface area (Å²) < 4.78 is 34.8. The highest BCUT2D eigenvalue weighted by molar-refractivity contribution is 7.92. The van der Waals surface area contributed by atoms with Crippen LogP contribution in [0.25, 0.3) is 0 Å². The van der Waals surface area contributed by atoms with Gasteiger partial charge < -0.3 is 10.1 Å². The molecule has 4 rings (SSSR count). The zero-order chi connectivity index (χ0) is 24.0. The maximum absolute atomic E-state index is 12.6. The molecule has 9 nitrogen and oxygen atoms in total. The van der Waals surface area contributed by atoms with Crippen molar-refractivity contribution in [2.45, 2.75) is 18.4 Å². The Morgan fingerprint density at radius 3 is 2.35 bits per heavy atom. The van der Waals surface area contributed by atoms with Crippen LogP contribution in [0, 0.1) is 0 Å². The SMILES string of the molecule is CCOc1ccc(S(=O)(=O)Nc2ccc(C(=O)Nc3ccn(Cc4ccncc4)n3)cc2)cc1. The molecular weight excluding hydrogens is 454 g/mol. The zero-order valence-electron chi connectivity index (χ0n) is 18.4. The van der Waals surface area contributed by atoms with Crippen molar-refractivity contribution in [3.05, 3.63) is 96.4 Å².